The summed E-state index contributed by atoms with van der Waals surface area (Å²) in [4.78, 5) is 23.9. The summed E-state index contributed by atoms with van der Waals surface area (Å²) in [6.45, 7) is 5.14. The molecule has 0 bridgehead atoms. The van der Waals surface area contributed by atoms with Crippen molar-refractivity contribution < 1.29 is 19.1 Å². The van der Waals surface area contributed by atoms with E-state index in [2.05, 4.69) is 10.9 Å². The molecule has 2 N–H and O–H groups in total. The Bertz CT molecular complexity index is 857. The molecule has 0 aliphatic carbocycles. The van der Waals surface area contributed by atoms with E-state index in [4.69, 9.17) is 14.7 Å². The molecule has 2 rings (SSSR count). The second-order valence-corrected chi connectivity index (χ2v) is 5.99. The predicted molar refractivity (Wildman–Crippen MR) is 98.9 cm³/mol. The van der Waals surface area contributed by atoms with Gasteiger partial charge in [-0.05, 0) is 62.2 Å². The lowest BCUT2D eigenvalue weighted by atomic mass is 10.1. The second kappa shape index (κ2) is 9.25. The van der Waals surface area contributed by atoms with Crippen LogP contribution in [-0.2, 0) is 9.59 Å². The minimum atomic E-state index is -0.835. The maximum Gasteiger partial charge on any atom is 0.279 e. The standard InChI is InChI=1S/C20H21N3O4/c1-13-4-5-14(2)18(10-13)26-12-19(24)22-23-20(25)15(3)27-17-8-6-16(11-21)7-9-17/h4-10,15H,12H2,1-3H3,(H,22,24)(H,23,25). The van der Waals surface area contributed by atoms with Gasteiger partial charge in [0.1, 0.15) is 11.5 Å². The van der Waals surface area contributed by atoms with Gasteiger partial charge in [-0.1, -0.05) is 12.1 Å². The molecular formula is C20H21N3O4. The van der Waals surface area contributed by atoms with Gasteiger partial charge in [0.25, 0.3) is 11.8 Å². The highest BCUT2D eigenvalue weighted by molar-refractivity contribution is 5.85. The molecule has 7 nitrogen and oxygen atoms in total. The van der Waals surface area contributed by atoms with Crippen LogP contribution >= 0.6 is 0 Å². The van der Waals surface area contributed by atoms with Crippen LogP contribution in [0.1, 0.15) is 23.6 Å². The number of rotatable bonds is 6. The number of ether oxygens (including phenoxy) is 2. The number of nitrogens with one attached hydrogen (secondary N) is 2. The summed E-state index contributed by atoms with van der Waals surface area (Å²) in [6, 6.07) is 14.1. The zero-order valence-electron chi connectivity index (χ0n) is 15.4. The summed E-state index contributed by atoms with van der Waals surface area (Å²) in [7, 11) is 0. The van der Waals surface area contributed by atoms with Gasteiger partial charge in [0.15, 0.2) is 12.7 Å². The van der Waals surface area contributed by atoms with Crippen LogP contribution < -0.4 is 20.3 Å². The number of hydrogen-bond acceptors (Lipinski definition) is 5. The Morgan fingerprint density at radius 3 is 2.48 bits per heavy atom. The zero-order valence-corrected chi connectivity index (χ0v) is 15.4. The van der Waals surface area contributed by atoms with E-state index < -0.39 is 17.9 Å². The Hall–Kier alpha value is -3.53. The third-order valence-corrected chi connectivity index (χ3v) is 3.69. The maximum absolute atomic E-state index is 12.0. The second-order valence-electron chi connectivity index (χ2n) is 5.99. The van der Waals surface area contributed by atoms with Crippen molar-refractivity contribution in [3.8, 4) is 17.6 Å². The molecule has 0 spiro atoms. The van der Waals surface area contributed by atoms with Gasteiger partial charge >= 0.3 is 0 Å². The molecule has 2 aromatic carbocycles. The largest absolute Gasteiger partial charge is 0.483 e. The normalized spacial score (nSPS) is 11.0. The molecule has 0 saturated heterocycles. The van der Waals surface area contributed by atoms with Gasteiger partial charge in [0.2, 0.25) is 0 Å². The van der Waals surface area contributed by atoms with E-state index in [1.165, 1.54) is 0 Å². The Morgan fingerprint density at radius 2 is 1.81 bits per heavy atom. The highest BCUT2D eigenvalue weighted by atomic mass is 16.5. The molecule has 2 amide bonds. The van der Waals surface area contributed by atoms with Crippen molar-refractivity contribution in [2.24, 2.45) is 0 Å². The monoisotopic (exact) mass is 367 g/mol. The fourth-order valence-electron chi connectivity index (χ4n) is 2.14. The van der Waals surface area contributed by atoms with Gasteiger partial charge in [-0.15, -0.1) is 0 Å². The van der Waals surface area contributed by atoms with E-state index in [0.717, 1.165) is 11.1 Å². The Labute approximate surface area is 157 Å². The molecular weight excluding hydrogens is 346 g/mol. The summed E-state index contributed by atoms with van der Waals surface area (Å²) in [5, 5.41) is 8.76. The van der Waals surface area contributed by atoms with Crippen LogP contribution in [0.4, 0.5) is 0 Å². The summed E-state index contributed by atoms with van der Waals surface area (Å²) in [6.07, 6.45) is -0.835. The molecule has 1 unspecified atom stereocenters. The van der Waals surface area contributed by atoms with Crippen LogP contribution in [0, 0.1) is 25.2 Å². The van der Waals surface area contributed by atoms with E-state index in [0.29, 0.717) is 17.1 Å². The van der Waals surface area contributed by atoms with Crippen molar-refractivity contribution in [1.82, 2.24) is 10.9 Å². The van der Waals surface area contributed by atoms with E-state index in [1.807, 2.05) is 38.1 Å². The number of hydrazine groups is 1. The number of hydrogen-bond donors (Lipinski definition) is 2. The quantitative estimate of drug-likeness (QED) is 0.762. The van der Waals surface area contributed by atoms with Crippen molar-refractivity contribution in [2.45, 2.75) is 26.9 Å². The first-order chi connectivity index (χ1) is 12.9. The number of aryl methyl sites for hydroxylation is 2. The van der Waals surface area contributed by atoms with Crippen LogP contribution in [0.5, 0.6) is 11.5 Å². The van der Waals surface area contributed by atoms with Crippen molar-refractivity contribution >= 4 is 11.8 Å². The SMILES string of the molecule is Cc1ccc(C)c(OCC(=O)NNC(=O)C(C)Oc2ccc(C#N)cc2)c1. The fraction of sp³-hybridized carbons (Fsp3) is 0.250. The van der Waals surface area contributed by atoms with Crippen molar-refractivity contribution in [2.75, 3.05) is 6.61 Å². The molecule has 0 saturated carbocycles. The lowest BCUT2D eigenvalue weighted by Gasteiger charge is -2.15. The third kappa shape index (κ3) is 6.04. The molecule has 7 heteroatoms. The van der Waals surface area contributed by atoms with Crippen LogP contribution in [0.15, 0.2) is 42.5 Å². The van der Waals surface area contributed by atoms with Gasteiger partial charge < -0.3 is 9.47 Å². The molecule has 0 heterocycles. The van der Waals surface area contributed by atoms with Crippen molar-refractivity contribution in [1.29, 1.82) is 5.26 Å². The van der Waals surface area contributed by atoms with Crippen LogP contribution in [-0.4, -0.2) is 24.5 Å². The summed E-state index contributed by atoms with van der Waals surface area (Å²) in [5.74, 6) is 0.0597. The molecule has 2 aromatic rings. The summed E-state index contributed by atoms with van der Waals surface area (Å²) < 4.78 is 10.9. The number of carbonyl (C=O) groups excluding carboxylic acids is 2. The highest BCUT2D eigenvalue weighted by Gasteiger charge is 2.15. The number of nitrogens with zero attached hydrogens (tertiary/aromatic N) is 1. The zero-order chi connectivity index (χ0) is 19.8. The molecule has 0 aliphatic heterocycles. The van der Waals surface area contributed by atoms with Crippen LogP contribution in [0.3, 0.4) is 0 Å². The topological polar surface area (TPSA) is 100 Å². The average Bonchev–Trinajstić information content (AvgIpc) is 2.67. The van der Waals surface area contributed by atoms with Gasteiger partial charge in [-0.3, -0.25) is 20.4 Å². The van der Waals surface area contributed by atoms with Gasteiger partial charge in [0.05, 0.1) is 11.6 Å². The van der Waals surface area contributed by atoms with Crippen molar-refractivity contribution in [3.05, 3.63) is 59.2 Å². The van der Waals surface area contributed by atoms with Gasteiger partial charge in [0, 0.05) is 0 Å². The van der Waals surface area contributed by atoms with Gasteiger partial charge in [-0.25, -0.2) is 0 Å². The van der Waals surface area contributed by atoms with Crippen LogP contribution in [0.25, 0.3) is 0 Å². The van der Waals surface area contributed by atoms with E-state index in [1.54, 1.807) is 31.2 Å². The first-order valence-electron chi connectivity index (χ1n) is 8.34. The fourth-order valence-corrected chi connectivity index (χ4v) is 2.14. The number of carbonyl (C=O) groups is 2. The van der Waals surface area contributed by atoms with Gasteiger partial charge in [-0.2, -0.15) is 5.26 Å². The first kappa shape index (κ1) is 19.8. The lowest BCUT2D eigenvalue weighted by molar-refractivity contribution is -0.133. The first-order valence-corrected chi connectivity index (χ1v) is 8.34. The molecule has 1 atom stereocenters. The minimum absolute atomic E-state index is 0.227. The van der Waals surface area contributed by atoms with E-state index in [9.17, 15) is 9.59 Å². The number of nitriles is 1. The Balaban J connectivity index is 1.77. The Morgan fingerprint density at radius 1 is 1.11 bits per heavy atom. The molecule has 0 aromatic heterocycles. The minimum Gasteiger partial charge on any atom is -0.483 e. The third-order valence-electron chi connectivity index (χ3n) is 3.69. The molecule has 0 fully saturated rings. The molecule has 0 aliphatic rings. The van der Waals surface area contributed by atoms with E-state index in [-0.39, 0.29) is 6.61 Å². The lowest BCUT2D eigenvalue weighted by Crippen LogP contribution is -2.48. The predicted octanol–water partition coefficient (Wildman–Crippen LogP) is 2.17. The highest BCUT2D eigenvalue weighted by Crippen LogP contribution is 2.18. The smallest absolute Gasteiger partial charge is 0.279 e. The van der Waals surface area contributed by atoms with Crippen molar-refractivity contribution in [3.63, 3.8) is 0 Å². The molecule has 0 radical (unpaired) electrons. The number of amides is 2. The van der Waals surface area contributed by atoms with E-state index >= 15 is 0 Å². The summed E-state index contributed by atoms with van der Waals surface area (Å²) >= 11 is 0. The Kier molecular flexibility index (Phi) is 6.78. The number of benzene rings is 2. The maximum atomic E-state index is 12.0. The molecule has 27 heavy (non-hydrogen) atoms. The summed E-state index contributed by atoms with van der Waals surface area (Å²) in [5.41, 5.74) is 7.02. The van der Waals surface area contributed by atoms with Crippen LogP contribution in [0.2, 0.25) is 0 Å². The molecule has 140 valence electrons. The average molecular weight is 367 g/mol.